The quantitative estimate of drug-likeness (QED) is 0.340. The fourth-order valence-electron chi connectivity index (χ4n) is 1.25. The van der Waals surface area contributed by atoms with Crippen LogP contribution >= 0.6 is 34.9 Å². The topological polar surface area (TPSA) is 149 Å². The van der Waals surface area contributed by atoms with Gasteiger partial charge >= 0.3 is 5.97 Å². The van der Waals surface area contributed by atoms with E-state index in [2.05, 4.69) is 30.7 Å². The molecule has 13 heteroatoms. The summed E-state index contributed by atoms with van der Waals surface area (Å²) in [6, 6.07) is 0. The van der Waals surface area contributed by atoms with Gasteiger partial charge in [0.15, 0.2) is 4.34 Å². The third-order valence-corrected chi connectivity index (χ3v) is 4.88. The standard InChI is InChI=1S/C10H13N7O3S3/c1-2-20-6(19)4-22-10-17-16-9(23-10)12-5(18)3-21-8-13-7(11)14-15-8/h2-4H2,1H3,(H,12,16,18)(H3,11,13,14,15). The second-order valence-corrected chi connectivity index (χ2v) is 6.95. The summed E-state index contributed by atoms with van der Waals surface area (Å²) in [5.41, 5.74) is 5.39. The summed E-state index contributed by atoms with van der Waals surface area (Å²) in [6.07, 6.45) is 0. The molecule has 2 rings (SSSR count). The Labute approximate surface area is 143 Å². The number of nitrogen functional groups attached to an aromatic ring is 1. The number of anilines is 2. The van der Waals surface area contributed by atoms with Crippen LogP contribution in [0.1, 0.15) is 6.92 Å². The molecule has 0 aliphatic carbocycles. The van der Waals surface area contributed by atoms with Crippen LogP contribution in [0.3, 0.4) is 0 Å². The van der Waals surface area contributed by atoms with Crippen molar-refractivity contribution in [3.8, 4) is 0 Å². The SMILES string of the molecule is CCOC(=O)CSc1nnc(NC(=O)CSc2n[nH]c(N)n2)s1. The van der Waals surface area contributed by atoms with Crippen molar-refractivity contribution in [1.29, 1.82) is 0 Å². The van der Waals surface area contributed by atoms with E-state index in [9.17, 15) is 9.59 Å². The lowest BCUT2D eigenvalue weighted by molar-refractivity contribution is -0.139. The first-order valence-electron chi connectivity index (χ1n) is 6.29. The highest BCUT2D eigenvalue weighted by atomic mass is 32.2. The Morgan fingerprint density at radius 2 is 2.17 bits per heavy atom. The third-order valence-electron chi connectivity index (χ3n) is 2.09. The van der Waals surface area contributed by atoms with E-state index in [1.54, 1.807) is 6.92 Å². The summed E-state index contributed by atoms with van der Waals surface area (Å²) in [5, 5.41) is 17.4. The number of nitrogens with two attached hydrogens (primary N) is 1. The van der Waals surface area contributed by atoms with Crippen LogP contribution in [0.15, 0.2) is 9.50 Å². The van der Waals surface area contributed by atoms with Crippen molar-refractivity contribution in [1.82, 2.24) is 25.4 Å². The normalized spacial score (nSPS) is 10.5. The first kappa shape index (κ1) is 17.5. The van der Waals surface area contributed by atoms with Crippen LogP contribution in [0, 0.1) is 0 Å². The van der Waals surface area contributed by atoms with Crippen molar-refractivity contribution < 1.29 is 14.3 Å². The second kappa shape index (κ2) is 8.69. The summed E-state index contributed by atoms with van der Waals surface area (Å²) in [7, 11) is 0. The molecule has 0 aliphatic heterocycles. The first-order chi connectivity index (χ1) is 11.1. The molecule has 1 amide bonds. The van der Waals surface area contributed by atoms with E-state index in [1.807, 2.05) is 0 Å². The Morgan fingerprint density at radius 1 is 1.35 bits per heavy atom. The van der Waals surface area contributed by atoms with Crippen molar-refractivity contribution in [2.45, 2.75) is 16.4 Å². The molecule has 2 heterocycles. The zero-order chi connectivity index (χ0) is 16.7. The van der Waals surface area contributed by atoms with E-state index < -0.39 is 0 Å². The molecule has 23 heavy (non-hydrogen) atoms. The summed E-state index contributed by atoms with van der Waals surface area (Å²) in [4.78, 5) is 26.9. The van der Waals surface area contributed by atoms with Crippen molar-refractivity contribution in [2.75, 3.05) is 29.2 Å². The van der Waals surface area contributed by atoms with Crippen LogP contribution in [0.4, 0.5) is 11.1 Å². The molecule has 4 N–H and O–H groups in total. The van der Waals surface area contributed by atoms with Gasteiger partial charge in [-0.15, -0.1) is 15.3 Å². The summed E-state index contributed by atoms with van der Waals surface area (Å²) in [6.45, 7) is 2.08. The number of esters is 1. The van der Waals surface area contributed by atoms with Gasteiger partial charge in [0, 0.05) is 0 Å². The average Bonchev–Trinajstić information content (AvgIpc) is 3.12. The second-order valence-electron chi connectivity index (χ2n) is 3.81. The molecule has 0 saturated heterocycles. The van der Waals surface area contributed by atoms with Crippen LogP contribution in [0.5, 0.6) is 0 Å². The molecule has 0 unspecified atom stereocenters. The largest absolute Gasteiger partial charge is 0.465 e. The Balaban J connectivity index is 1.74. The van der Waals surface area contributed by atoms with Crippen molar-refractivity contribution in [2.24, 2.45) is 0 Å². The fourth-order valence-corrected chi connectivity index (χ4v) is 3.42. The molecule has 2 aromatic heterocycles. The van der Waals surface area contributed by atoms with E-state index >= 15 is 0 Å². The van der Waals surface area contributed by atoms with Crippen LogP contribution < -0.4 is 11.1 Å². The van der Waals surface area contributed by atoms with Crippen molar-refractivity contribution in [3.05, 3.63) is 0 Å². The molecule has 0 saturated carbocycles. The molecule has 124 valence electrons. The maximum absolute atomic E-state index is 11.8. The number of nitrogens with zero attached hydrogens (tertiary/aromatic N) is 4. The van der Waals surface area contributed by atoms with E-state index in [4.69, 9.17) is 10.5 Å². The van der Waals surface area contributed by atoms with Gasteiger partial charge in [0.2, 0.25) is 22.1 Å². The number of carbonyl (C=O) groups is 2. The molecule has 0 spiro atoms. The highest BCUT2D eigenvalue weighted by Gasteiger charge is 2.12. The molecule has 0 aliphatic rings. The van der Waals surface area contributed by atoms with E-state index in [0.717, 1.165) is 11.8 Å². The number of aromatic nitrogens is 5. The zero-order valence-corrected chi connectivity index (χ0v) is 14.4. The van der Waals surface area contributed by atoms with Crippen LogP contribution in [0.25, 0.3) is 0 Å². The highest BCUT2D eigenvalue weighted by molar-refractivity contribution is 8.01. The van der Waals surface area contributed by atoms with Crippen LogP contribution in [0.2, 0.25) is 0 Å². The Morgan fingerprint density at radius 3 is 2.87 bits per heavy atom. The van der Waals surface area contributed by atoms with Gasteiger partial charge in [0.1, 0.15) is 0 Å². The van der Waals surface area contributed by atoms with Crippen LogP contribution in [-0.4, -0.2) is 55.4 Å². The van der Waals surface area contributed by atoms with Gasteiger partial charge in [0.05, 0.1) is 18.1 Å². The minimum Gasteiger partial charge on any atom is -0.465 e. The Kier molecular flexibility index (Phi) is 6.61. The number of thioether (sulfide) groups is 2. The number of amides is 1. The number of nitrogens with one attached hydrogen (secondary N) is 2. The number of ether oxygens (including phenoxy) is 1. The fraction of sp³-hybridized carbons (Fsp3) is 0.400. The van der Waals surface area contributed by atoms with Crippen LogP contribution in [-0.2, 0) is 14.3 Å². The maximum atomic E-state index is 11.8. The number of rotatable bonds is 8. The molecule has 0 radical (unpaired) electrons. The molecule has 0 atom stereocenters. The smallest absolute Gasteiger partial charge is 0.316 e. The summed E-state index contributed by atoms with van der Waals surface area (Å²) in [5.74, 6) is -0.127. The van der Waals surface area contributed by atoms with Gasteiger partial charge in [-0.3, -0.25) is 14.9 Å². The van der Waals surface area contributed by atoms with E-state index in [-0.39, 0.29) is 29.3 Å². The molecule has 0 fully saturated rings. The predicted octanol–water partition coefficient (Wildman–Crippen LogP) is 0.624. The number of aromatic amines is 1. The molecule has 0 aromatic carbocycles. The van der Waals surface area contributed by atoms with Gasteiger partial charge in [-0.1, -0.05) is 34.9 Å². The number of hydrogen-bond donors (Lipinski definition) is 3. The molecule has 2 aromatic rings. The lowest BCUT2D eigenvalue weighted by atomic mass is 10.7. The molecule has 0 bridgehead atoms. The zero-order valence-electron chi connectivity index (χ0n) is 11.9. The summed E-state index contributed by atoms with van der Waals surface area (Å²) < 4.78 is 5.38. The van der Waals surface area contributed by atoms with E-state index in [1.165, 1.54) is 23.1 Å². The maximum Gasteiger partial charge on any atom is 0.316 e. The lowest BCUT2D eigenvalue weighted by Gasteiger charge is -1.98. The van der Waals surface area contributed by atoms with Gasteiger partial charge in [-0.25, -0.2) is 5.10 Å². The average molecular weight is 375 g/mol. The van der Waals surface area contributed by atoms with Gasteiger partial charge in [-0.2, -0.15) is 4.98 Å². The lowest BCUT2D eigenvalue weighted by Crippen LogP contribution is -2.13. The number of carbonyl (C=O) groups excluding carboxylic acids is 2. The summed E-state index contributed by atoms with van der Waals surface area (Å²) >= 11 is 3.53. The molecule has 10 nitrogen and oxygen atoms in total. The monoisotopic (exact) mass is 375 g/mol. The Hall–Kier alpha value is -1.86. The minimum atomic E-state index is -0.319. The van der Waals surface area contributed by atoms with Gasteiger partial charge < -0.3 is 10.5 Å². The number of H-pyrrole nitrogens is 1. The van der Waals surface area contributed by atoms with Crippen molar-refractivity contribution >= 4 is 57.8 Å². The van der Waals surface area contributed by atoms with Crippen molar-refractivity contribution in [3.63, 3.8) is 0 Å². The third kappa shape index (κ3) is 6.03. The van der Waals surface area contributed by atoms with E-state index in [0.29, 0.717) is 21.2 Å². The highest BCUT2D eigenvalue weighted by Crippen LogP contribution is 2.25. The molecular formula is C10H13N7O3S3. The minimum absolute atomic E-state index is 0.113. The Bertz CT molecular complexity index is 674. The number of hydrogen-bond acceptors (Lipinski definition) is 11. The first-order valence-corrected chi connectivity index (χ1v) is 9.08. The molecular weight excluding hydrogens is 362 g/mol. The van der Waals surface area contributed by atoms with Gasteiger partial charge in [-0.05, 0) is 6.92 Å². The van der Waals surface area contributed by atoms with Gasteiger partial charge in [0.25, 0.3) is 0 Å². The predicted molar refractivity (Wildman–Crippen MR) is 87.4 cm³/mol.